The van der Waals surface area contributed by atoms with Gasteiger partial charge in [-0.15, -0.1) is 0 Å². The van der Waals surface area contributed by atoms with Crippen molar-refractivity contribution >= 4 is 23.0 Å². The first-order valence-electron chi connectivity index (χ1n) is 6.65. The van der Waals surface area contributed by atoms with Crippen LogP contribution in [0.4, 0.5) is 5.69 Å². The van der Waals surface area contributed by atoms with Gasteiger partial charge in [-0.05, 0) is 44.6 Å². The van der Waals surface area contributed by atoms with Crippen molar-refractivity contribution in [3.8, 4) is 11.5 Å². The van der Waals surface area contributed by atoms with Gasteiger partial charge < -0.3 is 20.1 Å². The van der Waals surface area contributed by atoms with Gasteiger partial charge in [0.15, 0.2) is 16.6 Å². The summed E-state index contributed by atoms with van der Waals surface area (Å²) in [6, 6.07) is 5.71. The van der Waals surface area contributed by atoms with Gasteiger partial charge in [0, 0.05) is 18.3 Å². The Morgan fingerprint density at radius 3 is 2.42 bits per heavy atom. The van der Waals surface area contributed by atoms with Crippen molar-refractivity contribution in [3.05, 3.63) is 18.2 Å². The standard InChI is InChI=1S/C14H22N2O2S/c1-4-9-15-14(19)16-11-7-8-12(17-5-2)13(10-11)18-6-3/h7-8,10H,4-6,9H2,1-3H3,(H2,15,16,19). The van der Waals surface area contributed by atoms with Crippen molar-refractivity contribution in [1.29, 1.82) is 0 Å². The van der Waals surface area contributed by atoms with Crippen LogP contribution in [-0.4, -0.2) is 24.9 Å². The molecule has 2 N–H and O–H groups in total. The lowest BCUT2D eigenvalue weighted by Crippen LogP contribution is -2.28. The third kappa shape index (κ3) is 5.34. The number of anilines is 1. The summed E-state index contributed by atoms with van der Waals surface area (Å²) in [6.07, 6.45) is 1.04. The van der Waals surface area contributed by atoms with Gasteiger partial charge in [-0.3, -0.25) is 0 Å². The van der Waals surface area contributed by atoms with E-state index in [2.05, 4.69) is 17.6 Å². The molecule has 1 aromatic carbocycles. The van der Waals surface area contributed by atoms with Crippen molar-refractivity contribution < 1.29 is 9.47 Å². The first-order valence-corrected chi connectivity index (χ1v) is 7.06. The third-order valence-corrected chi connectivity index (χ3v) is 2.58. The van der Waals surface area contributed by atoms with Crippen molar-refractivity contribution in [3.63, 3.8) is 0 Å². The Morgan fingerprint density at radius 2 is 1.79 bits per heavy atom. The summed E-state index contributed by atoms with van der Waals surface area (Å²) in [5, 5.41) is 6.87. The van der Waals surface area contributed by atoms with Crippen molar-refractivity contribution in [2.24, 2.45) is 0 Å². The van der Waals surface area contributed by atoms with Crippen LogP contribution in [0.3, 0.4) is 0 Å². The molecule has 0 heterocycles. The highest BCUT2D eigenvalue weighted by Gasteiger charge is 2.06. The second-order valence-electron chi connectivity index (χ2n) is 3.91. The normalized spacial score (nSPS) is 9.84. The molecular weight excluding hydrogens is 260 g/mol. The number of rotatable bonds is 7. The fraction of sp³-hybridized carbons (Fsp3) is 0.500. The first-order chi connectivity index (χ1) is 9.21. The van der Waals surface area contributed by atoms with Gasteiger partial charge in [0.1, 0.15) is 0 Å². The number of benzene rings is 1. The number of hydrogen-bond acceptors (Lipinski definition) is 3. The van der Waals surface area contributed by atoms with E-state index in [9.17, 15) is 0 Å². The van der Waals surface area contributed by atoms with Crippen LogP contribution in [-0.2, 0) is 0 Å². The van der Waals surface area contributed by atoms with E-state index in [0.717, 1.165) is 30.2 Å². The van der Waals surface area contributed by atoms with E-state index in [0.29, 0.717) is 18.3 Å². The molecule has 0 amide bonds. The molecule has 0 atom stereocenters. The Kier molecular flexibility index (Phi) is 7.03. The molecule has 1 aromatic rings. The molecule has 0 aliphatic rings. The van der Waals surface area contributed by atoms with Crippen LogP contribution in [0.15, 0.2) is 18.2 Å². The smallest absolute Gasteiger partial charge is 0.170 e. The van der Waals surface area contributed by atoms with Crippen LogP contribution in [0.25, 0.3) is 0 Å². The van der Waals surface area contributed by atoms with Crippen molar-refractivity contribution in [1.82, 2.24) is 5.32 Å². The predicted molar refractivity (Wildman–Crippen MR) is 83.3 cm³/mol. The van der Waals surface area contributed by atoms with E-state index in [-0.39, 0.29) is 0 Å². The summed E-state index contributed by atoms with van der Waals surface area (Å²) < 4.78 is 11.1. The van der Waals surface area contributed by atoms with E-state index in [1.807, 2.05) is 32.0 Å². The summed E-state index contributed by atoms with van der Waals surface area (Å²) in [6.45, 7) is 8.07. The van der Waals surface area contributed by atoms with Crippen LogP contribution in [0, 0.1) is 0 Å². The van der Waals surface area contributed by atoms with Crippen molar-refractivity contribution in [2.45, 2.75) is 27.2 Å². The Balaban J connectivity index is 2.74. The molecule has 0 aliphatic carbocycles. The van der Waals surface area contributed by atoms with Gasteiger partial charge >= 0.3 is 0 Å². The minimum atomic E-state index is 0.599. The minimum absolute atomic E-state index is 0.599. The summed E-state index contributed by atoms with van der Waals surface area (Å²) in [7, 11) is 0. The van der Waals surface area contributed by atoms with E-state index in [1.54, 1.807) is 0 Å². The van der Waals surface area contributed by atoms with Crippen LogP contribution >= 0.6 is 12.2 Å². The topological polar surface area (TPSA) is 42.5 Å². The van der Waals surface area contributed by atoms with Gasteiger partial charge in [0.25, 0.3) is 0 Å². The Labute approximate surface area is 120 Å². The Bertz CT molecular complexity index is 410. The quantitative estimate of drug-likeness (QED) is 0.752. The lowest BCUT2D eigenvalue weighted by molar-refractivity contribution is 0.288. The molecule has 1 rings (SSSR count). The molecule has 5 heteroatoms. The number of nitrogens with one attached hydrogen (secondary N) is 2. The van der Waals surface area contributed by atoms with Gasteiger partial charge in [-0.2, -0.15) is 0 Å². The van der Waals surface area contributed by atoms with Crippen molar-refractivity contribution in [2.75, 3.05) is 25.1 Å². The second kappa shape index (κ2) is 8.58. The molecule has 19 heavy (non-hydrogen) atoms. The highest BCUT2D eigenvalue weighted by molar-refractivity contribution is 7.80. The number of ether oxygens (including phenoxy) is 2. The average molecular weight is 282 g/mol. The second-order valence-corrected chi connectivity index (χ2v) is 4.32. The predicted octanol–water partition coefficient (Wildman–Crippen LogP) is 3.18. The minimum Gasteiger partial charge on any atom is -0.490 e. The SMILES string of the molecule is CCCNC(=S)Nc1ccc(OCC)c(OCC)c1. The summed E-state index contributed by atoms with van der Waals surface area (Å²) >= 11 is 5.20. The molecule has 0 unspecified atom stereocenters. The summed E-state index contributed by atoms with van der Waals surface area (Å²) in [5.41, 5.74) is 0.889. The zero-order valence-corrected chi connectivity index (χ0v) is 12.6. The lowest BCUT2D eigenvalue weighted by atomic mass is 10.2. The average Bonchev–Trinajstić information content (AvgIpc) is 2.40. The molecular formula is C14H22N2O2S. The molecule has 0 bridgehead atoms. The third-order valence-electron chi connectivity index (χ3n) is 2.34. The van der Waals surface area contributed by atoms with Crippen LogP contribution in [0.1, 0.15) is 27.2 Å². The Morgan fingerprint density at radius 1 is 1.11 bits per heavy atom. The molecule has 0 spiro atoms. The fourth-order valence-electron chi connectivity index (χ4n) is 1.54. The molecule has 0 aromatic heterocycles. The fourth-order valence-corrected chi connectivity index (χ4v) is 1.76. The van der Waals surface area contributed by atoms with E-state index < -0.39 is 0 Å². The van der Waals surface area contributed by atoms with Crippen LogP contribution < -0.4 is 20.1 Å². The zero-order chi connectivity index (χ0) is 14.1. The van der Waals surface area contributed by atoms with Gasteiger partial charge in [-0.1, -0.05) is 6.92 Å². The lowest BCUT2D eigenvalue weighted by Gasteiger charge is -2.14. The highest BCUT2D eigenvalue weighted by atomic mass is 32.1. The van der Waals surface area contributed by atoms with E-state index in [4.69, 9.17) is 21.7 Å². The van der Waals surface area contributed by atoms with Crippen LogP contribution in [0.2, 0.25) is 0 Å². The van der Waals surface area contributed by atoms with E-state index in [1.165, 1.54) is 0 Å². The monoisotopic (exact) mass is 282 g/mol. The maximum Gasteiger partial charge on any atom is 0.170 e. The van der Waals surface area contributed by atoms with Crippen LogP contribution in [0.5, 0.6) is 11.5 Å². The molecule has 0 radical (unpaired) electrons. The highest BCUT2D eigenvalue weighted by Crippen LogP contribution is 2.30. The molecule has 106 valence electrons. The molecule has 0 saturated carbocycles. The summed E-state index contributed by atoms with van der Waals surface area (Å²) in [4.78, 5) is 0. The Hall–Kier alpha value is -1.49. The number of hydrogen-bond donors (Lipinski definition) is 2. The van der Waals surface area contributed by atoms with Gasteiger partial charge in [0.05, 0.1) is 13.2 Å². The van der Waals surface area contributed by atoms with Gasteiger partial charge in [0.2, 0.25) is 0 Å². The first kappa shape index (κ1) is 15.6. The maximum atomic E-state index is 5.56. The molecule has 4 nitrogen and oxygen atoms in total. The maximum absolute atomic E-state index is 5.56. The zero-order valence-electron chi connectivity index (χ0n) is 11.8. The molecule has 0 aliphatic heterocycles. The van der Waals surface area contributed by atoms with Gasteiger partial charge in [-0.25, -0.2) is 0 Å². The molecule has 0 saturated heterocycles. The number of thiocarbonyl (C=S) groups is 1. The van der Waals surface area contributed by atoms with E-state index >= 15 is 0 Å². The summed E-state index contributed by atoms with van der Waals surface area (Å²) in [5.74, 6) is 1.48. The molecule has 0 fully saturated rings. The largest absolute Gasteiger partial charge is 0.490 e.